The van der Waals surface area contributed by atoms with E-state index in [0.29, 0.717) is 25.9 Å². The molecule has 0 radical (unpaired) electrons. The van der Waals surface area contributed by atoms with Gasteiger partial charge in [0, 0.05) is 19.3 Å². The number of carbonyl (C=O) groups excluding carboxylic acids is 1. The Balaban J connectivity index is 2.13. The van der Waals surface area contributed by atoms with Crippen molar-refractivity contribution in [2.75, 3.05) is 13.1 Å². The summed E-state index contributed by atoms with van der Waals surface area (Å²) in [6.45, 7) is 1.16. The van der Waals surface area contributed by atoms with E-state index in [1.165, 1.54) is 0 Å². The third-order valence-corrected chi connectivity index (χ3v) is 3.67. The first-order valence-electron chi connectivity index (χ1n) is 6.34. The summed E-state index contributed by atoms with van der Waals surface area (Å²) in [5.41, 5.74) is -1.06. The Kier molecular flexibility index (Phi) is 3.99. The molecule has 0 aromatic rings. The molecule has 0 aromatic carbocycles. The fourth-order valence-electron chi connectivity index (χ4n) is 2.66. The molecule has 0 saturated carbocycles. The lowest BCUT2D eigenvalue weighted by molar-refractivity contribution is -0.148. The lowest BCUT2D eigenvalue weighted by atomic mass is 9.75. The summed E-state index contributed by atoms with van der Waals surface area (Å²) in [4.78, 5) is 17.4. The fraction of sp³-hybridized carbons (Fsp3) is 0.750. The maximum atomic E-state index is 12.2. The number of carbonyl (C=O) groups is 1. The molecule has 1 N–H and O–H groups in total. The van der Waals surface area contributed by atoms with Crippen LogP contribution < -0.4 is 5.32 Å². The van der Waals surface area contributed by atoms with Crippen molar-refractivity contribution in [1.29, 1.82) is 5.26 Å². The third-order valence-electron chi connectivity index (χ3n) is 3.67. The number of oxime groups is 1. The first kappa shape index (κ1) is 14.8. The van der Waals surface area contributed by atoms with Crippen LogP contribution >= 0.6 is 0 Å². The molecule has 0 bridgehead atoms. The van der Waals surface area contributed by atoms with E-state index in [1.54, 1.807) is 6.07 Å². The monoisotopic (exact) mass is 289 g/mol. The van der Waals surface area contributed by atoms with Crippen LogP contribution in [0.3, 0.4) is 0 Å². The molecule has 1 fully saturated rings. The molecule has 1 atom stereocenters. The predicted molar refractivity (Wildman–Crippen MR) is 62.8 cm³/mol. The number of hydrogen-bond acceptors (Lipinski definition) is 5. The molecule has 1 unspecified atom stereocenters. The van der Waals surface area contributed by atoms with Crippen molar-refractivity contribution < 1.29 is 22.8 Å². The van der Waals surface area contributed by atoms with Crippen molar-refractivity contribution >= 4 is 11.5 Å². The standard InChI is InChI=1S/C12H14F3N3O2/c13-12(14,15)2-1-9(19)10-8(7-16)18-20-11(10)3-5-17-6-4-11/h10,17H,1-6H2. The summed E-state index contributed by atoms with van der Waals surface area (Å²) < 4.78 is 36.7. The number of Topliss-reactive ketones (excluding diaryl/α,β-unsaturated/α-hetero) is 1. The highest BCUT2D eigenvalue weighted by molar-refractivity contribution is 6.14. The third kappa shape index (κ3) is 2.93. The summed E-state index contributed by atoms with van der Waals surface area (Å²) in [6.07, 6.45) is -5.32. The SMILES string of the molecule is N#CC1=NOC2(CCNCC2)C1C(=O)CCC(F)(F)F. The molecular formula is C12H14F3N3O2. The summed E-state index contributed by atoms with van der Waals surface area (Å²) in [7, 11) is 0. The van der Waals surface area contributed by atoms with Gasteiger partial charge < -0.3 is 10.2 Å². The lowest BCUT2D eigenvalue weighted by Gasteiger charge is -2.35. The number of piperidine rings is 1. The molecule has 0 aromatic heterocycles. The van der Waals surface area contributed by atoms with E-state index in [4.69, 9.17) is 10.1 Å². The zero-order chi connectivity index (χ0) is 14.8. The van der Waals surface area contributed by atoms with E-state index in [-0.39, 0.29) is 5.71 Å². The molecule has 5 nitrogen and oxygen atoms in total. The normalized spacial score (nSPS) is 24.9. The van der Waals surface area contributed by atoms with E-state index in [0.717, 1.165) is 0 Å². The lowest BCUT2D eigenvalue weighted by Crippen LogP contribution is -2.50. The minimum atomic E-state index is -4.39. The highest BCUT2D eigenvalue weighted by Crippen LogP contribution is 2.39. The zero-order valence-electron chi connectivity index (χ0n) is 10.7. The van der Waals surface area contributed by atoms with Gasteiger partial charge in [0.2, 0.25) is 0 Å². The molecule has 2 aliphatic heterocycles. The van der Waals surface area contributed by atoms with Gasteiger partial charge >= 0.3 is 6.18 Å². The number of halogens is 3. The van der Waals surface area contributed by atoms with Gasteiger partial charge in [0.15, 0.2) is 11.3 Å². The topological polar surface area (TPSA) is 74.5 Å². The van der Waals surface area contributed by atoms with Crippen molar-refractivity contribution in [3.8, 4) is 6.07 Å². The van der Waals surface area contributed by atoms with E-state index in [2.05, 4.69) is 10.5 Å². The van der Waals surface area contributed by atoms with Crippen LogP contribution in [0.15, 0.2) is 5.16 Å². The van der Waals surface area contributed by atoms with Crippen molar-refractivity contribution in [1.82, 2.24) is 5.32 Å². The van der Waals surface area contributed by atoms with Gasteiger partial charge in [0.1, 0.15) is 17.8 Å². The minimum Gasteiger partial charge on any atom is -0.387 e. The van der Waals surface area contributed by atoms with E-state index in [1.807, 2.05) is 0 Å². The van der Waals surface area contributed by atoms with Gasteiger partial charge in [-0.1, -0.05) is 5.16 Å². The molecular weight excluding hydrogens is 275 g/mol. The van der Waals surface area contributed by atoms with E-state index < -0.39 is 36.3 Å². The summed E-state index contributed by atoms with van der Waals surface area (Å²) >= 11 is 0. The van der Waals surface area contributed by atoms with Crippen LogP contribution in [0, 0.1) is 17.2 Å². The molecule has 1 saturated heterocycles. The first-order chi connectivity index (χ1) is 9.38. The predicted octanol–water partition coefficient (Wildman–Crippen LogP) is 1.55. The van der Waals surface area contributed by atoms with Crippen LogP contribution in [0.2, 0.25) is 0 Å². The Labute approximate surface area is 113 Å². The highest BCUT2D eigenvalue weighted by atomic mass is 19.4. The Morgan fingerprint density at radius 3 is 2.70 bits per heavy atom. The molecule has 1 spiro atoms. The second-order valence-corrected chi connectivity index (χ2v) is 5.01. The molecule has 2 rings (SSSR count). The summed E-state index contributed by atoms with van der Waals surface area (Å²) in [5, 5.41) is 15.7. The van der Waals surface area contributed by atoms with Crippen LogP contribution in [0.25, 0.3) is 0 Å². The molecule has 2 aliphatic rings. The Morgan fingerprint density at radius 1 is 1.50 bits per heavy atom. The van der Waals surface area contributed by atoms with Crippen molar-refractivity contribution in [2.24, 2.45) is 11.1 Å². The van der Waals surface area contributed by atoms with Crippen LogP contribution in [0.5, 0.6) is 0 Å². The minimum absolute atomic E-state index is 0.112. The fourth-order valence-corrected chi connectivity index (χ4v) is 2.66. The molecule has 0 amide bonds. The Morgan fingerprint density at radius 2 is 2.15 bits per heavy atom. The number of rotatable bonds is 3. The molecule has 8 heteroatoms. The number of hydrogen-bond donors (Lipinski definition) is 1. The first-order valence-corrected chi connectivity index (χ1v) is 6.34. The molecule has 110 valence electrons. The van der Waals surface area contributed by atoms with Crippen LogP contribution in [-0.4, -0.2) is 36.4 Å². The van der Waals surface area contributed by atoms with Crippen LogP contribution in [-0.2, 0) is 9.63 Å². The number of ketones is 1. The maximum Gasteiger partial charge on any atom is 0.389 e. The van der Waals surface area contributed by atoms with Crippen molar-refractivity contribution in [3.63, 3.8) is 0 Å². The number of nitriles is 1. The second kappa shape index (κ2) is 5.40. The van der Waals surface area contributed by atoms with Crippen LogP contribution in [0.1, 0.15) is 25.7 Å². The average Bonchev–Trinajstić information content (AvgIpc) is 2.74. The number of nitrogens with zero attached hydrogens (tertiary/aromatic N) is 2. The molecule has 20 heavy (non-hydrogen) atoms. The van der Waals surface area contributed by atoms with Crippen molar-refractivity contribution in [3.05, 3.63) is 0 Å². The summed E-state index contributed by atoms with van der Waals surface area (Å²) in [6, 6.07) is 1.77. The largest absolute Gasteiger partial charge is 0.389 e. The molecule has 0 aliphatic carbocycles. The van der Waals surface area contributed by atoms with Gasteiger partial charge in [0.25, 0.3) is 0 Å². The van der Waals surface area contributed by atoms with Gasteiger partial charge in [0.05, 0.1) is 6.42 Å². The average molecular weight is 289 g/mol. The highest BCUT2D eigenvalue weighted by Gasteiger charge is 2.53. The molecule has 2 heterocycles. The van der Waals surface area contributed by atoms with Crippen LogP contribution in [0.4, 0.5) is 13.2 Å². The summed E-state index contributed by atoms with van der Waals surface area (Å²) in [5.74, 6) is -1.60. The maximum absolute atomic E-state index is 12.2. The van der Waals surface area contributed by atoms with E-state index >= 15 is 0 Å². The number of alkyl halides is 3. The van der Waals surface area contributed by atoms with Crippen molar-refractivity contribution in [2.45, 2.75) is 37.5 Å². The second-order valence-electron chi connectivity index (χ2n) is 5.01. The van der Waals surface area contributed by atoms with Gasteiger partial charge in [-0.15, -0.1) is 0 Å². The van der Waals surface area contributed by atoms with Gasteiger partial charge in [-0.2, -0.15) is 18.4 Å². The smallest absolute Gasteiger partial charge is 0.387 e. The Hall–Kier alpha value is -1.62. The van der Waals surface area contributed by atoms with Gasteiger partial charge in [-0.25, -0.2) is 0 Å². The quantitative estimate of drug-likeness (QED) is 0.855. The number of nitrogens with one attached hydrogen (secondary N) is 1. The van der Waals surface area contributed by atoms with Gasteiger partial charge in [-0.3, -0.25) is 4.79 Å². The zero-order valence-corrected chi connectivity index (χ0v) is 10.7. The van der Waals surface area contributed by atoms with Gasteiger partial charge in [-0.05, 0) is 13.1 Å². The van der Waals surface area contributed by atoms with E-state index in [9.17, 15) is 18.0 Å². The Bertz CT molecular complexity index is 462.